The minimum atomic E-state index is -3.69. The molecule has 1 aromatic heterocycles. The maximum atomic E-state index is 11.4. The van der Waals surface area contributed by atoms with Gasteiger partial charge in [-0.2, -0.15) is 15.0 Å². The van der Waals surface area contributed by atoms with Crippen LogP contribution in [-0.4, -0.2) is 30.0 Å². The topological polar surface area (TPSA) is 103 Å². The number of nitrogens with one attached hydrogen (secondary N) is 1. The maximum Gasteiger partial charge on any atom is 0.238 e. The third-order valence-corrected chi connectivity index (χ3v) is 6.91. The van der Waals surface area contributed by atoms with Gasteiger partial charge in [-0.1, -0.05) is 71.7 Å². The summed E-state index contributed by atoms with van der Waals surface area (Å²) in [5.41, 5.74) is 4.32. The van der Waals surface area contributed by atoms with Crippen molar-refractivity contribution in [3.8, 4) is 11.3 Å². The van der Waals surface area contributed by atoms with Gasteiger partial charge in [0, 0.05) is 27.7 Å². The molecule has 4 aromatic rings. The SMILES string of the molecule is NS(=O)(=O)c1ccc(CCNCc2nn(Cc3c(Cl)cccc3Cl)nc2-c2ccccc2)cc1. The molecule has 0 aliphatic carbocycles. The molecule has 0 fully saturated rings. The molecule has 0 amide bonds. The summed E-state index contributed by atoms with van der Waals surface area (Å²) in [6, 6.07) is 21.8. The van der Waals surface area contributed by atoms with Gasteiger partial charge in [-0.05, 0) is 42.8 Å². The number of halogens is 2. The number of nitrogens with two attached hydrogens (primary N) is 1. The average Bonchev–Trinajstić information content (AvgIpc) is 3.22. The quantitative estimate of drug-likeness (QED) is 0.324. The summed E-state index contributed by atoms with van der Waals surface area (Å²) in [7, 11) is -3.69. The van der Waals surface area contributed by atoms with E-state index in [-0.39, 0.29) is 4.90 Å². The highest BCUT2D eigenvalue weighted by molar-refractivity contribution is 7.89. The third kappa shape index (κ3) is 6.02. The molecule has 0 saturated heterocycles. The number of rotatable bonds is 9. The molecule has 3 N–H and O–H groups in total. The number of hydrogen-bond acceptors (Lipinski definition) is 5. The van der Waals surface area contributed by atoms with E-state index in [9.17, 15) is 8.42 Å². The highest BCUT2D eigenvalue weighted by atomic mass is 35.5. The van der Waals surface area contributed by atoms with E-state index in [1.54, 1.807) is 35.1 Å². The van der Waals surface area contributed by atoms with Gasteiger partial charge in [0.25, 0.3) is 0 Å². The van der Waals surface area contributed by atoms with E-state index >= 15 is 0 Å². The number of nitrogens with zero attached hydrogens (tertiary/aromatic N) is 3. The van der Waals surface area contributed by atoms with Gasteiger partial charge in [0.1, 0.15) is 11.4 Å². The van der Waals surface area contributed by atoms with Crippen LogP contribution in [0.2, 0.25) is 10.0 Å². The van der Waals surface area contributed by atoms with E-state index < -0.39 is 10.0 Å². The molecule has 0 spiro atoms. The highest BCUT2D eigenvalue weighted by Gasteiger charge is 2.15. The van der Waals surface area contributed by atoms with Crippen LogP contribution in [0, 0.1) is 0 Å². The van der Waals surface area contributed by atoms with Crippen LogP contribution >= 0.6 is 23.2 Å². The molecule has 10 heteroatoms. The summed E-state index contributed by atoms with van der Waals surface area (Å²) >= 11 is 12.7. The molecule has 0 saturated carbocycles. The first kappa shape index (κ1) is 24.4. The van der Waals surface area contributed by atoms with Gasteiger partial charge in [0.15, 0.2) is 0 Å². The molecule has 34 heavy (non-hydrogen) atoms. The van der Waals surface area contributed by atoms with Crippen molar-refractivity contribution in [2.75, 3.05) is 6.54 Å². The molecule has 0 aliphatic heterocycles. The minimum Gasteiger partial charge on any atom is -0.311 e. The Labute approximate surface area is 208 Å². The van der Waals surface area contributed by atoms with E-state index in [2.05, 4.69) is 5.32 Å². The van der Waals surface area contributed by atoms with Gasteiger partial charge in [-0.25, -0.2) is 13.6 Å². The molecule has 0 aliphatic rings. The fraction of sp³-hybridized carbons (Fsp3) is 0.167. The van der Waals surface area contributed by atoms with E-state index in [0.717, 1.165) is 34.5 Å². The van der Waals surface area contributed by atoms with Crippen molar-refractivity contribution in [3.05, 3.63) is 99.7 Å². The van der Waals surface area contributed by atoms with Crippen LogP contribution in [0.3, 0.4) is 0 Å². The van der Waals surface area contributed by atoms with E-state index in [4.69, 9.17) is 38.5 Å². The van der Waals surface area contributed by atoms with Crippen molar-refractivity contribution < 1.29 is 8.42 Å². The Morgan fingerprint density at radius 3 is 2.21 bits per heavy atom. The zero-order valence-corrected chi connectivity index (χ0v) is 20.5. The lowest BCUT2D eigenvalue weighted by Gasteiger charge is -2.06. The molecule has 0 bridgehead atoms. The van der Waals surface area contributed by atoms with Crippen LogP contribution < -0.4 is 10.5 Å². The zero-order valence-electron chi connectivity index (χ0n) is 18.2. The second-order valence-electron chi connectivity index (χ2n) is 7.71. The maximum absolute atomic E-state index is 11.4. The number of hydrogen-bond donors (Lipinski definition) is 2. The van der Waals surface area contributed by atoms with Gasteiger partial charge < -0.3 is 5.32 Å². The predicted octanol–water partition coefficient (Wildman–Crippen LogP) is 4.28. The summed E-state index contributed by atoms with van der Waals surface area (Å²) in [6.45, 7) is 1.54. The lowest BCUT2D eigenvalue weighted by molar-refractivity contribution is 0.577. The van der Waals surface area contributed by atoms with Crippen LogP contribution in [-0.2, 0) is 29.5 Å². The predicted molar refractivity (Wildman–Crippen MR) is 134 cm³/mol. The van der Waals surface area contributed by atoms with Gasteiger partial charge in [-0.15, -0.1) is 0 Å². The summed E-state index contributed by atoms with van der Waals surface area (Å²) in [4.78, 5) is 1.71. The first-order valence-corrected chi connectivity index (χ1v) is 12.9. The van der Waals surface area contributed by atoms with Crippen LogP contribution in [0.1, 0.15) is 16.8 Å². The Hall–Kier alpha value is -2.75. The van der Waals surface area contributed by atoms with E-state index in [0.29, 0.717) is 29.7 Å². The molecule has 7 nitrogen and oxygen atoms in total. The summed E-state index contributed by atoms with van der Waals surface area (Å²) < 4.78 is 22.8. The molecule has 0 radical (unpaired) electrons. The molecular weight excluding hydrogens is 493 g/mol. The first-order chi connectivity index (χ1) is 16.3. The number of sulfonamides is 1. The smallest absolute Gasteiger partial charge is 0.238 e. The normalized spacial score (nSPS) is 11.6. The first-order valence-electron chi connectivity index (χ1n) is 10.6. The van der Waals surface area contributed by atoms with Gasteiger partial charge in [0.05, 0.1) is 11.4 Å². The Bertz CT molecular complexity index is 1350. The van der Waals surface area contributed by atoms with Gasteiger partial charge in [-0.3, -0.25) is 0 Å². The Balaban J connectivity index is 1.47. The fourth-order valence-electron chi connectivity index (χ4n) is 3.50. The van der Waals surface area contributed by atoms with E-state index in [1.165, 1.54) is 12.1 Å². The molecule has 0 unspecified atom stereocenters. The summed E-state index contributed by atoms with van der Waals surface area (Å²) in [5.74, 6) is 0. The zero-order chi connectivity index (χ0) is 24.1. The van der Waals surface area contributed by atoms with Crippen molar-refractivity contribution in [2.45, 2.75) is 24.4 Å². The summed E-state index contributed by atoms with van der Waals surface area (Å²) in [5, 5.41) is 19.1. The Kier molecular flexibility index (Phi) is 7.65. The molecule has 3 aromatic carbocycles. The largest absolute Gasteiger partial charge is 0.311 e. The van der Waals surface area contributed by atoms with Crippen LogP contribution in [0.15, 0.2) is 77.7 Å². The lowest BCUT2D eigenvalue weighted by Crippen LogP contribution is -2.18. The summed E-state index contributed by atoms with van der Waals surface area (Å²) in [6.07, 6.45) is 0.717. The Morgan fingerprint density at radius 1 is 0.882 bits per heavy atom. The molecule has 4 rings (SSSR count). The third-order valence-electron chi connectivity index (χ3n) is 5.27. The fourth-order valence-corrected chi connectivity index (χ4v) is 4.53. The number of aromatic nitrogens is 3. The average molecular weight is 516 g/mol. The van der Waals surface area contributed by atoms with E-state index in [1.807, 2.05) is 30.3 Å². The van der Waals surface area contributed by atoms with Crippen LogP contribution in [0.25, 0.3) is 11.3 Å². The second kappa shape index (κ2) is 10.7. The van der Waals surface area contributed by atoms with Crippen molar-refractivity contribution in [2.24, 2.45) is 5.14 Å². The van der Waals surface area contributed by atoms with Gasteiger partial charge in [0.2, 0.25) is 10.0 Å². The highest BCUT2D eigenvalue weighted by Crippen LogP contribution is 2.26. The second-order valence-corrected chi connectivity index (χ2v) is 10.1. The molecule has 176 valence electrons. The molecular formula is C24H23Cl2N5O2S. The molecule has 1 heterocycles. The minimum absolute atomic E-state index is 0.104. The monoisotopic (exact) mass is 515 g/mol. The van der Waals surface area contributed by atoms with Crippen LogP contribution in [0.5, 0.6) is 0 Å². The van der Waals surface area contributed by atoms with Crippen LogP contribution in [0.4, 0.5) is 0 Å². The Morgan fingerprint density at radius 2 is 1.56 bits per heavy atom. The van der Waals surface area contributed by atoms with Crippen molar-refractivity contribution in [1.82, 2.24) is 20.3 Å². The number of primary sulfonamides is 1. The van der Waals surface area contributed by atoms with Crippen molar-refractivity contribution >= 4 is 33.2 Å². The standard InChI is InChI=1S/C24H23Cl2N5O2S/c25-21-7-4-8-22(26)20(21)16-31-29-23(24(30-31)18-5-2-1-3-6-18)15-28-14-13-17-9-11-19(12-10-17)34(27,32)33/h1-12,28H,13-16H2,(H2,27,32,33). The van der Waals surface area contributed by atoms with Crippen molar-refractivity contribution in [3.63, 3.8) is 0 Å². The lowest BCUT2D eigenvalue weighted by atomic mass is 10.1. The van der Waals surface area contributed by atoms with Crippen molar-refractivity contribution in [1.29, 1.82) is 0 Å². The molecule has 0 atom stereocenters. The number of benzene rings is 3. The van der Waals surface area contributed by atoms with Gasteiger partial charge >= 0.3 is 0 Å².